The fourth-order valence-electron chi connectivity index (χ4n) is 1.63. The molecule has 0 heterocycles. The molecule has 0 bridgehead atoms. The molecule has 0 aromatic heterocycles. The minimum absolute atomic E-state index is 0.604. The molecule has 2 aromatic rings. The molecule has 2 rings (SSSR count). The number of hydrogen-bond acceptors (Lipinski definition) is 0. The Hall–Kier alpha value is -0.521. The van der Waals surface area contributed by atoms with E-state index in [-0.39, 0.29) is 0 Å². The number of benzene rings is 2. The van der Waals surface area contributed by atoms with Gasteiger partial charge in [0.15, 0.2) is 0 Å². The molecule has 0 nitrogen and oxygen atoms in total. The minimum atomic E-state index is 0.604. The second kappa shape index (κ2) is 6.08. The molecule has 2 aromatic carbocycles. The van der Waals surface area contributed by atoms with Crippen molar-refractivity contribution < 1.29 is 0 Å². The first-order valence-electron chi connectivity index (χ1n) is 6.05. The van der Waals surface area contributed by atoms with E-state index in [2.05, 4.69) is 64.1 Å². The van der Waals surface area contributed by atoms with Crippen LogP contribution in [0.3, 0.4) is 0 Å². The summed E-state index contributed by atoms with van der Waals surface area (Å²) in [6.45, 7) is 8.77. The maximum absolute atomic E-state index is 2.36. The van der Waals surface area contributed by atoms with Gasteiger partial charge in [-0.15, -0.1) is 0 Å². The average molecular weight is 368 g/mol. The van der Waals surface area contributed by atoms with Crippen molar-refractivity contribution in [3.05, 3.63) is 58.7 Å². The molecule has 0 N–H and O–H groups in total. The van der Waals surface area contributed by atoms with Crippen molar-refractivity contribution in [2.75, 3.05) is 0 Å². The van der Waals surface area contributed by atoms with E-state index in [9.17, 15) is 0 Å². The number of hydrogen-bond donors (Lipinski definition) is 0. The van der Waals surface area contributed by atoms with E-state index in [1.54, 1.807) is 0 Å². The van der Waals surface area contributed by atoms with Gasteiger partial charge in [-0.25, -0.2) is 0 Å². The van der Waals surface area contributed by atoms with E-state index >= 15 is 0 Å². The quantitative estimate of drug-likeness (QED) is 0.729. The van der Waals surface area contributed by atoms with Gasteiger partial charge in [-0.3, -0.25) is 0 Å². The fourth-order valence-corrected chi connectivity index (χ4v) is 7.85. The van der Waals surface area contributed by atoms with Crippen molar-refractivity contribution in [1.82, 2.24) is 0 Å². The molecule has 18 heavy (non-hydrogen) atoms. The third-order valence-corrected chi connectivity index (χ3v) is 10.3. The molecule has 0 unspecified atom stereocenters. The van der Waals surface area contributed by atoms with Crippen LogP contribution >= 0.6 is 0 Å². The summed E-state index contributed by atoms with van der Waals surface area (Å²) < 4.78 is 3.06. The van der Waals surface area contributed by atoms with Gasteiger partial charge in [0.05, 0.1) is 0 Å². The molecule has 0 fully saturated rings. The zero-order valence-corrected chi connectivity index (χ0v) is 14.7. The summed E-state index contributed by atoms with van der Waals surface area (Å²) in [5.41, 5.74) is 5.64. The van der Waals surface area contributed by atoms with Gasteiger partial charge in [-0.05, 0) is 0 Å². The van der Waals surface area contributed by atoms with E-state index in [0.29, 0.717) is 26.3 Å². The summed E-state index contributed by atoms with van der Waals surface area (Å²) in [6.07, 6.45) is 0. The molecule has 0 amide bonds. The van der Waals surface area contributed by atoms with Crippen molar-refractivity contribution in [2.45, 2.75) is 27.7 Å². The van der Waals surface area contributed by atoms with E-state index in [1.807, 2.05) is 0 Å². The summed E-state index contributed by atoms with van der Waals surface area (Å²) in [5.74, 6) is 0. The predicted octanol–water partition coefficient (Wildman–Crippen LogP) is 2.19. The van der Waals surface area contributed by atoms with Gasteiger partial charge in [0.2, 0.25) is 0 Å². The molecule has 0 saturated carbocycles. The zero-order valence-electron chi connectivity index (χ0n) is 11.3. The van der Waals surface area contributed by atoms with Gasteiger partial charge < -0.3 is 0 Å². The normalized spacial score (nSPS) is 10.7. The zero-order chi connectivity index (χ0) is 13.1. The Morgan fingerprint density at radius 2 is 0.944 bits per heavy atom. The summed E-state index contributed by atoms with van der Waals surface area (Å²) in [4.78, 5) is 0. The Kier molecular flexibility index (Phi) is 4.70. The van der Waals surface area contributed by atoms with Crippen LogP contribution in [0.4, 0.5) is 0 Å². The van der Waals surface area contributed by atoms with E-state index in [0.717, 1.165) is 0 Å². The summed E-state index contributed by atoms with van der Waals surface area (Å²) >= 11 is 1.21. The third kappa shape index (κ3) is 3.49. The predicted molar refractivity (Wildman–Crippen MR) is 82.6 cm³/mol. The first-order chi connectivity index (χ1) is 8.56. The first-order valence-corrected chi connectivity index (χ1v) is 12.1. The third-order valence-electron chi connectivity index (χ3n) is 3.19. The second-order valence-corrected chi connectivity index (χ2v) is 11.0. The standard InChI is InChI=1S/C16H18Se2/c1-11-5-7-15(9-13(11)3)17-18-16-8-6-12(2)14(4)10-16/h5-10H,1-4H3. The Morgan fingerprint density at radius 3 is 1.28 bits per heavy atom. The van der Waals surface area contributed by atoms with Gasteiger partial charge in [0.25, 0.3) is 0 Å². The molecule has 0 spiro atoms. The van der Waals surface area contributed by atoms with Crippen LogP contribution in [0.1, 0.15) is 22.3 Å². The maximum atomic E-state index is 2.36. The molecule has 2 heteroatoms. The van der Waals surface area contributed by atoms with Crippen LogP contribution in [0.25, 0.3) is 0 Å². The van der Waals surface area contributed by atoms with Crippen molar-refractivity contribution in [3.63, 3.8) is 0 Å². The van der Waals surface area contributed by atoms with Crippen LogP contribution in [0.2, 0.25) is 0 Å². The fraction of sp³-hybridized carbons (Fsp3) is 0.250. The van der Waals surface area contributed by atoms with Gasteiger partial charge in [-0.2, -0.15) is 0 Å². The van der Waals surface area contributed by atoms with Crippen LogP contribution in [-0.2, 0) is 0 Å². The molecule has 0 aliphatic heterocycles. The molecular formula is C16H18Se2. The van der Waals surface area contributed by atoms with E-state index in [1.165, 1.54) is 31.2 Å². The monoisotopic (exact) mass is 370 g/mol. The van der Waals surface area contributed by atoms with Crippen molar-refractivity contribution in [3.8, 4) is 0 Å². The van der Waals surface area contributed by atoms with Crippen LogP contribution in [0.5, 0.6) is 0 Å². The molecule has 0 saturated heterocycles. The Balaban J connectivity index is 2.06. The van der Waals surface area contributed by atoms with E-state index in [4.69, 9.17) is 0 Å². The van der Waals surface area contributed by atoms with Crippen molar-refractivity contribution in [1.29, 1.82) is 0 Å². The van der Waals surface area contributed by atoms with Gasteiger partial charge >= 0.3 is 122 Å². The van der Waals surface area contributed by atoms with Crippen molar-refractivity contribution in [2.24, 2.45) is 0 Å². The van der Waals surface area contributed by atoms with Crippen LogP contribution in [-0.4, -0.2) is 26.3 Å². The first kappa shape index (κ1) is 13.9. The van der Waals surface area contributed by atoms with Gasteiger partial charge in [-0.1, -0.05) is 0 Å². The van der Waals surface area contributed by atoms with Gasteiger partial charge in [0, 0.05) is 0 Å². The van der Waals surface area contributed by atoms with Crippen LogP contribution < -0.4 is 8.92 Å². The molecule has 94 valence electrons. The molecule has 0 aliphatic rings. The average Bonchev–Trinajstić information content (AvgIpc) is 2.35. The Labute approximate surface area is 121 Å². The summed E-state index contributed by atoms with van der Waals surface area (Å²) in [6, 6.07) is 13.8. The summed E-state index contributed by atoms with van der Waals surface area (Å²) in [5, 5.41) is 0. The van der Waals surface area contributed by atoms with Crippen LogP contribution in [0, 0.1) is 27.7 Å². The molecular weight excluding hydrogens is 350 g/mol. The SMILES string of the molecule is Cc1ccc([Se][Se]c2ccc(C)c(C)c2)cc1C. The van der Waals surface area contributed by atoms with Crippen molar-refractivity contribution >= 4 is 35.2 Å². The van der Waals surface area contributed by atoms with E-state index < -0.39 is 0 Å². The summed E-state index contributed by atoms with van der Waals surface area (Å²) in [7, 11) is 0. The molecule has 0 radical (unpaired) electrons. The van der Waals surface area contributed by atoms with Gasteiger partial charge in [0.1, 0.15) is 0 Å². The number of aryl methyl sites for hydroxylation is 4. The topological polar surface area (TPSA) is 0 Å². The van der Waals surface area contributed by atoms with Crippen LogP contribution in [0.15, 0.2) is 36.4 Å². The Bertz CT molecular complexity index is 508. The Morgan fingerprint density at radius 1 is 0.556 bits per heavy atom. The number of rotatable bonds is 3. The molecule has 0 atom stereocenters. The molecule has 0 aliphatic carbocycles. The second-order valence-electron chi connectivity index (χ2n) is 4.66.